The molecule has 0 unspecified atom stereocenters. The van der Waals surface area contributed by atoms with E-state index in [4.69, 9.17) is 9.63 Å². The number of aliphatic carboxylic acids is 1. The molecule has 7 nitrogen and oxygen atoms in total. The lowest BCUT2D eigenvalue weighted by atomic mass is 10.3. The van der Waals surface area contributed by atoms with Crippen LogP contribution in [0.25, 0.3) is 11.2 Å². The molecule has 0 spiro atoms. The molecule has 108 valence electrons. The molecule has 3 aromatic rings. The number of hydrogen-bond acceptors (Lipinski definition) is 6. The second-order valence-electron chi connectivity index (χ2n) is 4.44. The summed E-state index contributed by atoms with van der Waals surface area (Å²) in [6.07, 6.45) is 1.68. The molecule has 0 atom stereocenters. The normalized spacial score (nSPS) is 11.1. The Balaban J connectivity index is 2.00. The number of pyridine rings is 1. The van der Waals surface area contributed by atoms with Gasteiger partial charge in [0, 0.05) is 12.3 Å². The van der Waals surface area contributed by atoms with Crippen molar-refractivity contribution in [3.8, 4) is 0 Å². The second-order valence-corrected chi connectivity index (χ2v) is 5.38. The van der Waals surface area contributed by atoms with Crippen LogP contribution >= 0.6 is 11.8 Å². The first-order chi connectivity index (χ1) is 10.1. The molecule has 0 amide bonds. The highest BCUT2D eigenvalue weighted by molar-refractivity contribution is 7.99. The molecule has 1 N–H and O–H groups in total. The third kappa shape index (κ3) is 2.89. The maximum Gasteiger partial charge on any atom is 0.313 e. The van der Waals surface area contributed by atoms with Gasteiger partial charge in [0.2, 0.25) is 0 Å². The van der Waals surface area contributed by atoms with Crippen molar-refractivity contribution in [2.75, 3.05) is 5.75 Å². The van der Waals surface area contributed by atoms with Crippen molar-refractivity contribution < 1.29 is 14.4 Å². The van der Waals surface area contributed by atoms with E-state index in [9.17, 15) is 4.79 Å². The van der Waals surface area contributed by atoms with E-state index in [1.807, 2.05) is 23.6 Å². The number of carbonyl (C=O) groups is 1. The lowest BCUT2D eigenvalue weighted by molar-refractivity contribution is -0.133. The Morgan fingerprint density at radius 1 is 1.52 bits per heavy atom. The number of hydrogen-bond donors (Lipinski definition) is 1. The fraction of sp³-hybridized carbons (Fsp3) is 0.231. The molecule has 0 fully saturated rings. The molecule has 0 aliphatic rings. The van der Waals surface area contributed by atoms with E-state index in [0.29, 0.717) is 17.3 Å². The molecule has 3 rings (SSSR count). The maximum absolute atomic E-state index is 10.8. The fourth-order valence-electron chi connectivity index (χ4n) is 1.97. The zero-order valence-corrected chi connectivity index (χ0v) is 12.0. The van der Waals surface area contributed by atoms with Crippen LogP contribution in [0.1, 0.15) is 11.5 Å². The largest absolute Gasteiger partial charge is 0.481 e. The lowest BCUT2D eigenvalue weighted by Gasteiger charge is -2.04. The highest BCUT2D eigenvalue weighted by Crippen LogP contribution is 2.23. The van der Waals surface area contributed by atoms with Crippen LogP contribution in [0.4, 0.5) is 0 Å². The number of aryl methyl sites for hydroxylation is 1. The molecular formula is C13H12N4O3S. The van der Waals surface area contributed by atoms with Gasteiger partial charge in [0.1, 0.15) is 17.0 Å². The summed E-state index contributed by atoms with van der Waals surface area (Å²) in [5, 5.41) is 13.4. The highest BCUT2D eigenvalue weighted by Gasteiger charge is 2.15. The summed E-state index contributed by atoms with van der Waals surface area (Å²) < 4.78 is 6.91. The van der Waals surface area contributed by atoms with Crippen molar-refractivity contribution >= 4 is 28.9 Å². The van der Waals surface area contributed by atoms with E-state index in [2.05, 4.69) is 15.1 Å². The van der Waals surface area contributed by atoms with Gasteiger partial charge in [-0.15, -0.1) is 0 Å². The Hall–Kier alpha value is -2.35. The fourth-order valence-corrected chi connectivity index (χ4v) is 2.69. The molecule has 8 heteroatoms. The van der Waals surface area contributed by atoms with Gasteiger partial charge in [0.15, 0.2) is 10.8 Å². The Kier molecular flexibility index (Phi) is 3.61. The number of thioether (sulfide) groups is 1. The molecule has 0 aliphatic carbocycles. The number of fused-ring (bicyclic) bond motifs is 1. The number of carboxylic acid groups (broad SMARTS) is 1. The number of aromatic nitrogens is 4. The van der Waals surface area contributed by atoms with Crippen LogP contribution < -0.4 is 0 Å². The van der Waals surface area contributed by atoms with Crippen LogP contribution in [0.15, 0.2) is 34.1 Å². The van der Waals surface area contributed by atoms with E-state index in [1.165, 1.54) is 0 Å². The van der Waals surface area contributed by atoms with Crippen LogP contribution in [0.2, 0.25) is 0 Å². The number of nitrogens with zero attached hydrogens (tertiary/aromatic N) is 4. The van der Waals surface area contributed by atoms with Gasteiger partial charge in [-0.1, -0.05) is 16.9 Å². The van der Waals surface area contributed by atoms with E-state index < -0.39 is 5.97 Å². The summed E-state index contributed by atoms with van der Waals surface area (Å²) in [4.78, 5) is 19.5. The SMILES string of the molecule is Cc1cc(Cn2c(SCC(=O)O)nc3cccnc32)no1. The summed E-state index contributed by atoms with van der Waals surface area (Å²) >= 11 is 1.16. The molecule has 3 aromatic heterocycles. The zero-order valence-electron chi connectivity index (χ0n) is 11.2. The van der Waals surface area contributed by atoms with E-state index in [0.717, 1.165) is 28.7 Å². The maximum atomic E-state index is 10.8. The zero-order chi connectivity index (χ0) is 14.8. The first-order valence-electron chi connectivity index (χ1n) is 6.21. The van der Waals surface area contributed by atoms with Gasteiger partial charge in [-0.3, -0.25) is 9.36 Å². The Labute approximate surface area is 124 Å². The van der Waals surface area contributed by atoms with Crippen molar-refractivity contribution in [2.45, 2.75) is 18.6 Å². The van der Waals surface area contributed by atoms with Gasteiger partial charge in [-0.2, -0.15) is 0 Å². The summed E-state index contributed by atoms with van der Waals surface area (Å²) in [7, 11) is 0. The average molecular weight is 304 g/mol. The third-order valence-electron chi connectivity index (χ3n) is 2.79. The van der Waals surface area contributed by atoms with E-state index in [-0.39, 0.29) is 5.75 Å². The summed E-state index contributed by atoms with van der Waals surface area (Å²) in [5.74, 6) is -0.216. The minimum Gasteiger partial charge on any atom is -0.481 e. The Morgan fingerprint density at radius 3 is 3.10 bits per heavy atom. The molecule has 0 aromatic carbocycles. The monoisotopic (exact) mass is 304 g/mol. The Morgan fingerprint density at radius 2 is 2.38 bits per heavy atom. The summed E-state index contributed by atoms with van der Waals surface area (Å²) in [6.45, 7) is 2.26. The highest BCUT2D eigenvalue weighted by atomic mass is 32.2. The number of rotatable bonds is 5. The standard InChI is InChI=1S/C13H12N4O3S/c1-8-5-9(16-20-8)6-17-12-10(3-2-4-14-12)15-13(17)21-7-11(18)19/h2-5H,6-7H2,1H3,(H,18,19). The minimum absolute atomic E-state index is 0.0544. The summed E-state index contributed by atoms with van der Waals surface area (Å²) in [5.41, 5.74) is 2.17. The average Bonchev–Trinajstić information content (AvgIpc) is 3.01. The van der Waals surface area contributed by atoms with E-state index >= 15 is 0 Å². The van der Waals surface area contributed by atoms with Crippen LogP contribution in [0, 0.1) is 6.92 Å². The van der Waals surface area contributed by atoms with Crippen molar-refractivity contribution in [1.82, 2.24) is 19.7 Å². The minimum atomic E-state index is -0.885. The van der Waals surface area contributed by atoms with Crippen LogP contribution in [0.3, 0.4) is 0 Å². The van der Waals surface area contributed by atoms with Crippen LogP contribution in [-0.4, -0.2) is 36.5 Å². The molecule has 21 heavy (non-hydrogen) atoms. The first-order valence-corrected chi connectivity index (χ1v) is 7.20. The predicted octanol–water partition coefficient (Wildman–Crippen LogP) is 1.95. The summed E-state index contributed by atoms with van der Waals surface area (Å²) in [6, 6.07) is 5.48. The molecule has 0 radical (unpaired) electrons. The van der Waals surface area contributed by atoms with Crippen molar-refractivity contribution in [3.63, 3.8) is 0 Å². The van der Waals surface area contributed by atoms with Gasteiger partial charge in [-0.05, 0) is 19.1 Å². The van der Waals surface area contributed by atoms with Gasteiger partial charge in [0.05, 0.1) is 12.3 Å². The Bertz CT molecular complexity index is 796. The first kappa shape index (κ1) is 13.6. The quantitative estimate of drug-likeness (QED) is 0.720. The molecule has 0 saturated heterocycles. The number of carboxylic acids is 1. The lowest BCUT2D eigenvalue weighted by Crippen LogP contribution is -2.05. The van der Waals surface area contributed by atoms with Crippen molar-refractivity contribution in [3.05, 3.63) is 35.9 Å². The predicted molar refractivity (Wildman–Crippen MR) is 76.2 cm³/mol. The van der Waals surface area contributed by atoms with Crippen LogP contribution in [-0.2, 0) is 11.3 Å². The molecule has 0 aliphatic heterocycles. The molecule has 0 bridgehead atoms. The van der Waals surface area contributed by atoms with Crippen molar-refractivity contribution in [2.24, 2.45) is 0 Å². The van der Waals surface area contributed by atoms with Crippen LogP contribution in [0.5, 0.6) is 0 Å². The smallest absolute Gasteiger partial charge is 0.313 e. The van der Waals surface area contributed by atoms with Gasteiger partial charge < -0.3 is 9.63 Å². The third-order valence-corrected chi connectivity index (χ3v) is 3.75. The molecule has 3 heterocycles. The second kappa shape index (κ2) is 5.57. The number of imidazole rings is 1. The van der Waals surface area contributed by atoms with Crippen molar-refractivity contribution in [1.29, 1.82) is 0 Å². The van der Waals surface area contributed by atoms with E-state index in [1.54, 1.807) is 12.3 Å². The molecule has 0 saturated carbocycles. The van der Waals surface area contributed by atoms with Gasteiger partial charge >= 0.3 is 5.97 Å². The van der Waals surface area contributed by atoms with Gasteiger partial charge in [0.25, 0.3) is 0 Å². The topological polar surface area (TPSA) is 94.0 Å². The molecular weight excluding hydrogens is 292 g/mol. The van der Waals surface area contributed by atoms with Gasteiger partial charge in [-0.25, -0.2) is 9.97 Å².